The van der Waals surface area contributed by atoms with Gasteiger partial charge in [-0.25, -0.2) is 4.39 Å². The predicted octanol–water partition coefficient (Wildman–Crippen LogP) is 3.13. The van der Waals surface area contributed by atoms with E-state index in [4.69, 9.17) is 4.74 Å². The van der Waals surface area contributed by atoms with E-state index in [-0.39, 0.29) is 24.1 Å². The number of nitrogens with zero attached hydrogens (tertiary/aromatic N) is 3. The Kier molecular flexibility index (Phi) is 6.08. The number of amides is 1. The maximum Gasteiger partial charge on any atom is 0.230 e. The van der Waals surface area contributed by atoms with Gasteiger partial charge in [0.2, 0.25) is 5.91 Å². The molecular formula is C19H19FN4O2S. The number of carbonyl (C=O) groups is 1. The zero-order valence-electron chi connectivity index (χ0n) is 15.0. The summed E-state index contributed by atoms with van der Waals surface area (Å²) < 4.78 is 21.0. The Labute approximate surface area is 160 Å². The van der Waals surface area contributed by atoms with Crippen molar-refractivity contribution in [3.8, 4) is 11.4 Å². The molecule has 0 saturated heterocycles. The van der Waals surface area contributed by atoms with Crippen LogP contribution in [0.25, 0.3) is 5.69 Å². The highest BCUT2D eigenvalue weighted by Gasteiger charge is 2.16. The Morgan fingerprint density at radius 1 is 1.19 bits per heavy atom. The van der Waals surface area contributed by atoms with Gasteiger partial charge in [0.1, 0.15) is 18.2 Å². The number of nitrogens with one attached hydrogen (secondary N) is 1. The van der Waals surface area contributed by atoms with E-state index in [9.17, 15) is 9.18 Å². The summed E-state index contributed by atoms with van der Waals surface area (Å²) in [5.74, 6) is 1.07. The third-order valence-corrected chi connectivity index (χ3v) is 4.78. The second-order valence-electron chi connectivity index (χ2n) is 5.73. The number of benzene rings is 2. The minimum absolute atomic E-state index is 0.119. The molecule has 27 heavy (non-hydrogen) atoms. The van der Waals surface area contributed by atoms with E-state index in [1.165, 1.54) is 23.9 Å². The van der Waals surface area contributed by atoms with Gasteiger partial charge in [-0.2, -0.15) is 0 Å². The number of para-hydroxylation sites is 1. The standard InChI is InChI=1S/C19H19FN4O2S/c1-13-5-3-4-6-16(13)26-11-17-22-23-19(27-12-18(25)21-2)24(17)15-9-7-14(20)8-10-15/h3-10H,11-12H2,1-2H3,(H,21,25). The summed E-state index contributed by atoms with van der Waals surface area (Å²) in [6, 6.07) is 13.7. The molecule has 1 heterocycles. The maximum atomic E-state index is 13.3. The number of thioether (sulfide) groups is 1. The van der Waals surface area contributed by atoms with Crippen LogP contribution < -0.4 is 10.1 Å². The van der Waals surface area contributed by atoms with Crippen LogP contribution >= 0.6 is 11.8 Å². The molecular weight excluding hydrogens is 367 g/mol. The maximum absolute atomic E-state index is 13.3. The molecule has 0 bridgehead atoms. The van der Waals surface area contributed by atoms with Crippen LogP contribution in [0.1, 0.15) is 11.4 Å². The molecule has 0 fully saturated rings. The fourth-order valence-electron chi connectivity index (χ4n) is 2.40. The van der Waals surface area contributed by atoms with Crippen LogP contribution in [0.5, 0.6) is 5.75 Å². The summed E-state index contributed by atoms with van der Waals surface area (Å²) in [6.07, 6.45) is 0. The highest BCUT2D eigenvalue weighted by molar-refractivity contribution is 7.99. The Morgan fingerprint density at radius 2 is 1.93 bits per heavy atom. The minimum Gasteiger partial charge on any atom is -0.485 e. The molecule has 0 atom stereocenters. The Morgan fingerprint density at radius 3 is 2.63 bits per heavy atom. The molecule has 1 N–H and O–H groups in total. The topological polar surface area (TPSA) is 69.0 Å². The molecule has 0 aliphatic rings. The SMILES string of the molecule is CNC(=O)CSc1nnc(COc2ccccc2C)n1-c1ccc(F)cc1. The van der Waals surface area contributed by atoms with Gasteiger partial charge in [0.05, 0.1) is 5.75 Å². The molecule has 0 saturated carbocycles. The molecule has 2 aromatic carbocycles. The van der Waals surface area contributed by atoms with E-state index in [2.05, 4.69) is 15.5 Å². The highest BCUT2D eigenvalue weighted by Crippen LogP contribution is 2.24. The summed E-state index contributed by atoms with van der Waals surface area (Å²) in [7, 11) is 1.58. The molecule has 8 heteroatoms. The van der Waals surface area contributed by atoms with Crippen molar-refractivity contribution < 1.29 is 13.9 Å². The van der Waals surface area contributed by atoms with Gasteiger partial charge in [0.15, 0.2) is 11.0 Å². The van der Waals surface area contributed by atoms with E-state index >= 15 is 0 Å². The molecule has 0 aliphatic heterocycles. The van der Waals surface area contributed by atoms with Crippen LogP contribution in [0, 0.1) is 12.7 Å². The van der Waals surface area contributed by atoms with Crippen LogP contribution in [-0.2, 0) is 11.4 Å². The number of aryl methyl sites for hydroxylation is 1. The van der Waals surface area contributed by atoms with Crippen molar-refractivity contribution in [2.24, 2.45) is 0 Å². The lowest BCUT2D eigenvalue weighted by Crippen LogP contribution is -2.20. The van der Waals surface area contributed by atoms with Gasteiger partial charge < -0.3 is 10.1 Å². The Hall–Kier alpha value is -2.87. The van der Waals surface area contributed by atoms with Crippen LogP contribution in [0.15, 0.2) is 53.7 Å². The van der Waals surface area contributed by atoms with Gasteiger partial charge in [0, 0.05) is 12.7 Å². The van der Waals surface area contributed by atoms with Crippen molar-refractivity contribution in [3.05, 3.63) is 65.7 Å². The van der Waals surface area contributed by atoms with Crippen LogP contribution in [0.2, 0.25) is 0 Å². The van der Waals surface area contributed by atoms with Gasteiger partial charge in [-0.3, -0.25) is 9.36 Å². The molecule has 3 aromatic rings. The van der Waals surface area contributed by atoms with Crippen LogP contribution in [0.4, 0.5) is 4.39 Å². The number of aromatic nitrogens is 3. The summed E-state index contributed by atoms with van der Waals surface area (Å²) in [5, 5.41) is 11.5. The van der Waals surface area contributed by atoms with E-state index in [0.717, 1.165) is 11.3 Å². The Balaban J connectivity index is 1.88. The van der Waals surface area contributed by atoms with Gasteiger partial charge in [-0.05, 0) is 42.8 Å². The summed E-state index contributed by atoms with van der Waals surface area (Å²) in [5.41, 5.74) is 1.71. The number of halogens is 1. The van der Waals surface area contributed by atoms with Crippen molar-refractivity contribution in [1.29, 1.82) is 0 Å². The van der Waals surface area contributed by atoms with E-state index in [1.54, 1.807) is 23.7 Å². The predicted molar refractivity (Wildman–Crippen MR) is 102 cm³/mol. The summed E-state index contributed by atoms with van der Waals surface area (Å²) >= 11 is 1.25. The zero-order chi connectivity index (χ0) is 19.2. The lowest BCUT2D eigenvalue weighted by molar-refractivity contribution is -0.118. The van der Waals surface area contributed by atoms with Crippen LogP contribution in [-0.4, -0.2) is 33.5 Å². The number of carbonyl (C=O) groups excluding carboxylic acids is 1. The average molecular weight is 386 g/mol. The first-order valence-corrected chi connectivity index (χ1v) is 9.29. The van der Waals surface area contributed by atoms with Gasteiger partial charge in [0.25, 0.3) is 0 Å². The van der Waals surface area contributed by atoms with Crippen molar-refractivity contribution >= 4 is 17.7 Å². The second kappa shape index (κ2) is 8.68. The zero-order valence-corrected chi connectivity index (χ0v) is 15.8. The fourth-order valence-corrected chi connectivity index (χ4v) is 3.24. The average Bonchev–Trinajstić information content (AvgIpc) is 3.09. The molecule has 140 valence electrons. The molecule has 1 aromatic heterocycles. The molecule has 1 amide bonds. The Bertz CT molecular complexity index is 928. The molecule has 3 rings (SSSR count). The minimum atomic E-state index is -0.330. The fraction of sp³-hybridized carbons (Fsp3) is 0.211. The van der Waals surface area contributed by atoms with Crippen molar-refractivity contribution in [3.63, 3.8) is 0 Å². The van der Waals surface area contributed by atoms with Crippen molar-refractivity contribution in [2.75, 3.05) is 12.8 Å². The summed E-state index contributed by atoms with van der Waals surface area (Å²) in [6.45, 7) is 2.15. The number of ether oxygens (including phenoxy) is 1. The number of hydrogen-bond donors (Lipinski definition) is 1. The lowest BCUT2D eigenvalue weighted by Gasteiger charge is -2.12. The van der Waals surface area contributed by atoms with Crippen LogP contribution in [0.3, 0.4) is 0 Å². The molecule has 6 nitrogen and oxygen atoms in total. The number of hydrogen-bond acceptors (Lipinski definition) is 5. The molecule has 0 aliphatic carbocycles. The lowest BCUT2D eigenvalue weighted by atomic mass is 10.2. The second-order valence-corrected chi connectivity index (χ2v) is 6.67. The first-order valence-electron chi connectivity index (χ1n) is 8.30. The van der Waals surface area contributed by atoms with E-state index in [1.807, 2.05) is 31.2 Å². The first kappa shape index (κ1) is 18.9. The van der Waals surface area contributed by atoms with Gasteiger partial charge in [-0.1, -0.05) is 30.0 Å². The van der Waals surface area contributed by atoms with Crippen molar-refractivity contribution in [2.45, 2.75) is 18.7 Å². The van der Waals surface area contributed by atoms with Crippen molar-refractivity contribution in [1.82, 2.24) is 20.1 Å². The molecule has 0 spiro atoms. The largest absolute Gasteiger partial charge is 0.485 e. The normalized spacial score (nSPS) is 10.6. The van der Waals surface area contributed by atoms with E-state index in [0.29, 0.717) is 16.7 Å². The van der Waals surface area contributed by atoms with E-state index < -0.39 is 0 Å². The summed E-state index contributed by atoms with van der Waals surface area (Å²) in [4.78, 5) is 11.6. The third-order valence-electron chi connectivity index (χ3n) is 3.85. The first-order chi connectivity index (χ1) is 13.1. The molecule has 0 unspecified atom stereocenters. The third kappa shape index (κ3) is 4.65. The monoisotopic (exact) mass is 386 g/mol. The number of rotatable bonds is 7. The quantitative estimate of drug-likeness (QED) is 0.632. The van der Waals surface area contributed by atoms with Gasteiger partial charge >= 0.3 is 0 Å². The molecule has 0 radical (unpaired) electrons. The highest BCUT2D eigenvalue weighted by atomic mass is 32.2. The van der Waals surface area contributed by atoms with Gasteiger partial charge in [-0.15, -0.1) is 10.2 Å². The smallest absolute Gasteiger partial charge is 0.230 e.